The maximum absolute atomic E-state index is 3.76. The first kappa shape index (κ1) is 13.5. The fraction of sp³-hybridized carbons (Fsp3) is 0.429. The number of halogens is 1. The quantitative estimate of drug-likeness (QED) is 0.779. The van der Waals surface area contributed by atoms with Gasteiger partial charge in [-0.05, 0) is 44.4 Å². The first-order valence-electron chi connectivity index (χ1n) is 5.73. The molecule has 2 heteroatoms. The minimum absolute atomic E-state index is 0.490. The second kappa shape index (κ2) is 6.87. The van der Waals surface area contributed by atoms with Gasteiger partial charge in [-0.2, -0.15) is 0 Å². The van der Waals surface area contributed by atoms with Gasteiger partial charge in [0.2, 0.25) is 0 Å². The van der Waals surface area contributed by atoms with Crippen LogP contribution in [-0.4, -0.2) is 12.1 Å². The summed E-state index contributed by atoms with van der Waals surface area (Å²) in [5.41, 5.74) is 1.36. The molecule has 2 atom stereocenters. The Morgan fingerprint density at radius 3 is 2.75 bits per heavy atom. The normalized spacial score (nSPS) is 14.4. The van der Waals surface area contributed by atoms with Crippen LogP contribution in [0.1, 0.15) is 25.8 Å². The van der Waals surface area contributed by atoms with Crippen LogP contribution >= 0.6 is 15.9 Å². The standard InChI is InChI=1S/C14H20BrN/c1-4-6-11(2)16-12(3)9-13-7-5-8-14(15)10-13/h4-5,7-8,10-12,16H,1,6,9H2,2-3H3. The number of hydrogen-bond acceptors (Lipinski definition) is 1. The number of rotatable bonds is 6. The molecular formula is C14H20BrN. The number of benzene rings is 1. The van der Waals surface area contributed by atoms with Gasteiger partial charge in [-0.25, -0.2) is 0 Å². The molecule has 0 aliphatic heterocycles. The maximum atomic E-state index is 3.76. The van der Waals surface area contributed by atoms with Crippen molar-refractivity contribution in [1.82, 2.24) is 5.32 Å². The summed E-state index contributed by atoms with van der Waals surface area (Å²) in [5, 5.41) is 3.56. The lowest BCUT2D eigenvalue weighted by Crippen LogP contribution is -2.35. The van der Waals surface area contributed by atoms with E-state index in [0.717, 1.165) is 17.3 Å². The van der Waals surface area contributed by atoms with E-state index in [2.05, 4.69) is 65.9 Å². The molecule has 0 amide bonds. The molecule has 88 valence electrons. The van der Waals surface area contributed by atoms with E-state index in [1.807, 2.05) is 6.08 Å². The molecule has 0 aliphatic rings. The van der Waals surface area contributed by atoms with Crippen molar-refractivity contribution in [3.8, 4) is 0 Å². The average Bonchev–Trinajstić information content (AvgIpc) is 2.17. The molecule has 0 aromatic heterocycles. The van der Waals surface area contributed by atoms with Crippen LogP contribution < -0.4 is 5.32 Å². The molecule has 1 aromatic carbocycles. The van der Waals surface area contributed by atoms with Crippen molar-refractivity contribution < 1.29 is 0 Å². The fourth-order valence-corrected chi connectivity index (χ4v) is 2.33. The summed E-state index contributed by atoms with van der Waals surface area (Å²) in [6.45, 7) is 8.17. The third kappa shape index (κ3) is 4.95. The monoisotopic (exact) mass is 281 g/mol. The third-order valence-electron chi connectivity index (χ3n) is 2.52. The molecule has 0 saturated heterocycles. The van der Waals surface area contributed by atoms with Gasteiger partial charge in [0.05, 0.1) is 0 Å². The summed E-state index contributed by atoms with van der Waals surface area (Å²) in [4.78, 5) is 0. The lowest BCUT2D eigenvalue weighted by molar-refractivity contribution is 0.467. The number of nitrogens with one attached hydrogen (secondary N) is 1. The zero-order valence-corrected chi connectivity index (χ0v) is 11.6. The van der Waals surface area contributed by atoms with Crippen LogP contribution in [0, 0.1) is 0 Å². The van der Waals surface area contributed by atoms with Crippen molar-refractivity contribution >= 4 is 15.9 Å². The topological polar surface area (TPSA) is 12.0 Å². The lowest BCUT2D eigenvalue weighted by atomic mass is 10.1. The molecule has 0 fully saturated rings. The Bertz CT molecular complexity index is 335. The molecule has 1 nitrogen and oxygen atoms in total. The molecule has 16 heavy (non-hydrogen) atoms. The van der Waals surface area contributed by atoms with E-state index in [1.54, 1.807) is 0 Å². The summed E-state index contributed by atoms with van der Waals surface area (Å²) in [7, 11) is 0. The van der Waals surface area contributed by atoms with Crippen LogP contribution in [-0.2, 0) is 6.42 Å². The zero-order chi connectivity index (χ0) is 12.0. The van der Waals surface area contributed by atoms with Crippen LogP contribution in [0.5, 0.6) is 0 Å². The van der Waals surface area contributed by atoms with E-state index in [1.165, 1.54) is 5.56 Å². The zero-order valence-electron chi connectivity index (χ0n) is 10.0. The lowest BCUT2D eigenvalue weighted by Gasteiger charge is -2.19. The Morgan fingerprint density at radius 2 is 2.12 bits per heavy atom. The first-order valence-corrected chi connectivity index (χ1v) is 6.52. The Morgan fingerprint density at radius 1 is 1.38 bits per heavy atom. The summed E-state index contributed by atoms with van der Waals surface area (Å²) in [5.74, 6) is 0. The Labute approximate surface area is 107 Å². The summed E-state index contributed by atoms with van der Waals surface area (Å²) >= 11 is 3.49. The predicted molar refractivity (Wildman–Crippen MR) is 74.7 cm³/mol. The van der Waals surface area contributed by atoms with Gasteiger partial charge in [-0.15, -0.1) is 6.58 Å². The first-order chi connectivity index (χ1) is 7.61. The highest BCUT2D eigenvalue weighted by Crippen LogP contribution is 2.13. The molecule has 0 bridgehead atoms. The molecule has 0 saturated carbocycles. The Hall–Kier alpha value is -0.600. The largest absolute Gasteiger partial charge is 0.311 e. The maximum Gasteiger partial charge on any atom is 0.0178 e. The second-order valence-corrected chi connectivity index (χ2v) is 5.24. The van der Waals surface area contributed by atoms with Crippen LogP contribution in [0.15, 0.2) is 41.4 Å². The van der Waals surface area contributed by atoms with Gasteiger partial charge < -0.3 is 5.32 Å². The van der Waals surface area contributed by atoms with E-state index in [-0.39, 0.29) is 0 Å². The molecular weight excluding hydrogens is 262 g/mol. The second-order valence-electron chi connectivity index (χ2n) is 4.33. The number of hydrogen-bond donors (Lipinski definition) is 1. The molecule has 0 spiro atoms. The van der Waals surface area contributed by atoms with Gasteiger partial charge in [-0.3, -0.25) is 0 Å². The molecule has 1 rings (SSSR count). The van der Waals surface area contributed by atoms with Crippen LogP contribution in [0.4, 0.5) is 0 Å². The van der Waals surface area contributed by atoms with Crippen molar-refractivity contribution in [2.75, 3.05) is 0 Å². The smallest absolute Gasteiger partial charge is 0.0178 e. The highest BCUT2D eigenvalue weighted by atomic mass is 79.9. The van der Waals surface area contributed by atoms with Crippen molar-refractivity contribution in [1.29, 1.82) is 0 Å². The van der Waals surface area contributed by atoms with E-state index in [9.17, 15) is 0 Å². The van der Waals surface area contributed by atoms with Gasteiger partial charge in [0, 0.05) is 16.6 Å². The van der Waals surface area contributed by atoms with Crippen molar-refractivity contribution in [3.63, 3.8) is 0 Å². The minimum Gasteiger partial charge on any atom is -0.311 e. The molecule has 1 aromatic rings. The van der Waals surface area contributed by atoms with E-state index >= 15 is 0 Å². The Kier molecular flexibility index (Phi) is 5.78. The molecule has 0 aliphatic carbocycles. The van der Waals surface area contributed by atoms with Gasteiger partial charge in [0.15, 0.2) is 0 Å². The molecule has 0 radical (unpaired) electrons. The summed E-state index contributed by atoms with van der Waals surface area (Å²) < 4.78 is 1.15. The van der Waals surface area contributed by atoms with Crippen LogP contribution in [0.2, 0.25) is 0 Å². The van der Waals surface area contributed by atoms with E-state index in [4.69, 9.17) is 0 Å². The highest BCUT2D eigenvalue weighted by Gasteiger charge is 2.06. The van der Waals surface area contributed by atoms with Gasteiger partial charge in [-0.1, -0.05) is 34.1 Å². The molecule has 0 heterocycles. The SMILES string of the molecule is C=CCC(C)NC(C)Cc1cccc(Br)c1. The minimum atomic E-state index is 0.490. The van der Waals surface area contributed by atoms with Gasteiger partial charge in [0.25, 0.3) is 0 Å². The van der Waals surface area contributed by atoms with E-state index < -0.39 is 0 Å². The van der Waals surface area contributed by atoms with Crippen molar-refractivity contribution in [3.05, 3.63) is 47.0 Å². The molecule has 2 unspecified atom stereocenters. The highest BCUT2D eigenvalue weighted by molar-refractivity contribution is 9.10. The van der Waals surface area contributed by atoms with Crippen molar-refractivity contribution in [2.24, 2.45) is 0 Å². The Balaban J connectivity index is 2.44. The summed E-state index contributed by atoms with van der Waals surface area (Å²) in [6.07, 6.45) is 4.03. The van der Waals surface area contributed by atoms with Crippen LogP contribution in [0.3, 0.4) is 0 Å². The third-order valence-corrected chi connectivity index (χ3v) is 3.01. The van der Waals surface area contributed by atoms with E-state index in [0.29, 0.717) is 12.1 Å². The predicted octanol–water partition coefficient (Wildman–Crippen LogP) is 3.93. The van der Waals surface area contributed by atoms with Gasteiger partial charge in [0.1, 0.15) is 0 Å². The van der Waals surface area contributed by atoms with Crippen molar-refractivity contribution in [2.45, 2.75) is 38.8 Å². The van der Waals surface area contributed by atoms with Crippen LogP contribution in [0.25, 0.3) is 0 Å². The molecule has 1 N–H and O–H groups in total. The average molecular weight is 282 g/mol. The fourth-order valence-electron chi connectivity index (χ4n) is 1.88. The van der Waals surface area contributed by atoms with Gasteiger partial charge >= 0.3 is 0 Å². The summed E-state index contributed by atoms with van der Waals surface area (Å²) in [6, 6.07) is 9.47.